The summed E-state index contributed by atoms with van der Waals surface area (Å²) < 4.78 is 23.5. The first-order chi connectivity index (χ1) is 26.0. The van der Waals surface area contributed by atoms with E-state index in [0.717, 1.165) is 44.9 Å². The number of aliphatic hydroxyl groups is 7. The summed E-state index contributed by atoms with van der Waals surface area (Å²) in [4.78, 5) is 26.4. The lowest BCUT2D eigenvalue weighted by molar-refractivity contribution is -0.324. The Balaban J connectivity index is 1.16. The number of hydrogen-bond donors (Lipinski definition) is 8. The maximum atomic E-state index is 14.6. The van der Waals surface area contributed by atoms with E-state index in [9.17, 15) is 50.4 Å². The van der Waals surface area contributed by atoms with Gasteiger partial charge in [0.1, 0.15) is 42.7 Å². The molecule has 2 saturated heterocycles. The molecule has 0 bridgehead atoms. The fourth-order valence-electron chi connectivity index (χ4n) is 13.5. The highest BCUT2D eigenvalue weighted by Gasteiger charge is 2.70. The Hall–Kier alpha value is -1.72. The Bertz CT molecular complexity index is 1560. The number of aliphatic carboxylic acids is 1. The zero-order valence-corrected chi connectivity index (χ0v) is 34.0. The van der Waals surface area contributed by atoms with Crippen LogP contribution in [-0.4, -0.2) is 127 Å². The topological polar surface area (TPSA) is 233 Å². The molecule has 0 unspecified atom stereocenters. The first kappa shape index (κ1) is 42.4. The van der Waals surface area contributed by atoms with Crippen LogP contribution in [-0.2, 0) is 28.5 Å². The second kappa shape index (κ2) is 14.2. The summed E-state index contributed by atoms with van der Waals surface area (Å²) in [5, 5.41) is 82.4. The number of carboxylic acid groups (broad SMARTS) is 1. The van der Waals surface area contributed by atoms with Crippen LogP contribution >= 0.6 is 0 Å². The number of esters is 1. The van der Waals surface area contributed by atoms with Crippen molar-refractivity contribution >= 4 is 11.9 Å². The van der Waals surface area contributed by atoms with Gasteiger partial charge in [0.05, 0.1) is 18.1 Å². The van der Waals surface area contributed by atoms with Crippen molar-refractivity contribution in [2.75, 3.05) is 6.61 Å². The monoisotopic (exact) mass is 794 g/mol. The van der Waals surface area contributed by atoms with Gasteiger partial charge in [-0.2, -0.15) is 0 Å². The molecule has 8 N–H and O–H groups in total. The van der Waals surface area contributed by atoms with Crippen molar-refractivity contribution < 1.29 is 69.4 Å². The lowest BCUT2D eigenvalue weighted by atomic mass is 9.33. The van der Waals surface area contributed by atoms with Gasteiger partial charge in [-0.3, -0.25) is 4.79 Å². The lowest BCUT2D eigenvalue weighted by Crippen LogP contribution is -2.66. The molecule has 318 valence electrons. The fourth-order valence-corrected chi connectivity index (χ4v) is 13.5. The van der Waals surface area contributed by atoms with E-state index in [4.69, 9.17) is 18.9 Å². The summed E-state index contributed by atoms with van der Waals surface area (Å²) >= 11 is 0. The number of fused-ring (bicyclic) bond motifs is 7. The standard InChI is InChI=1S/C42H66O14/c1-37(2)14-16-42(36(52)56-34-30(48)27(45)26(44)22(19-43)53-34)17-15-40(6)20(21(42)18-37)8-9-24-39(5)12-11-25(38(3,4)23(39)10-13-41(24,40)7)54-35-31(49)28(46)29(47)32(55-35)33(50)51/h8,21-32,34-35,43-49H,9-19H2,1-7H3,(H,50,51)/t21-,22-,23-,24+,25-,26-,27+,28-,29-,30-,31+,32-,34-,35+,39-,40+,41+,42-/m0/s1. The zero-order valence-electron chi connectivity index (χ0n) is 34.0. The van der Waals surface area contributed by atoms with Crippen molar-refractivity contribution in [2.24, 2.45) is 50.2 Å². The van der Waals surface area contributed by atoms with Gasteiger partial charge in [0, 0.05) is 0 Å². The van der Waals surface area contributed by atoms with Gasteiger partial charge < -0.3 is 59.8 Å². The van der Waals surface area contributed by atoms with Crippen molar-refractivity contribution in [3.05, 3.63) is 11.6 Å². The summed E-state index contributed by atoms with van der Waals surface area (Å²) in [5.41, 5.74) is -0.448. The molecule has 4 saturated carbocycles. The van der Waals surface area contributed by atoms with Crippen molar-refractivity contribution in [1.82, 2.24) is 0 Å². The highest BCUT2D eigenvalue weighted by molar-refractivity contribution is 5.79. The van der Waals surface area contributed by atoms with Crippen LogP contribution in [0.3, 0.4) is 0 Å². The van der Waals surface area contributed by atoms with Gasteiger partial charge in [0.15, 0.2) is 12.4 Å². The molecule has 0 aromatic heterocycles. The van der Waals surface area contributed by atoms with Crippen molar-refractivity contribution in [3.8, 4) is 0 Å². The van der Waals surface area contributed by atoms with Gasteiger partial charge in [-0.15, -0.1) is 0 Å². The van der Waals surface area contributed by atoms with Gasteiger partial charge in [-0.25, -0.2) is 4.79 Å². The molecule has 14 nitrogen and oxygen atoms in total. The first-order valence-corrected chi connectivity index (χ1v) is 20.8. The average molecular weight is 795 g/mol. The SMILES string of the molecule is CC1(C)CC[C@]2(C(=O)O[C@@H]3O[C@@H](CO)[C@H](O)[C@@H](O)[C@@H]3O)CC[C@]3(C)C(=CC[C@@H]4[C@@]5(C)CC[C@H](O[C@@H]6O[C@H](C(=O)O)[C@@H](O)[C@H](O)[C@H]6O)C(C)(C)[C@@H]5CC[C@]43C)[C@@H]2C1. The summed E-state index contributed by atoms with van der Waals surface area (Å²) in [7, 11) is 0. The maximum Gasteiger partial charge on any atom is 0.335 e. The number of carbonyl (C=O) groups is 2. The summed E-state index contributed by atoms with van der Waals surface area (Å²) in [6.45, 7) is 15.5. The Morgan fingerprint density at radius 1 is 0.750 bits per heavy atom. The number of rotatable bonds is 6. The fraction of sp³-hybridized carbons (Fsp3) is 0.905. The van der Waals surface area contributed by atoms with Gasteiger partial charge in [0.25, 0.3) is 0 Å². The Morgan fingerprint density at radius 2 is 1.39 bits per heavy atom. The van der Waals surface area contributed by atoms with Crippen LogP contribution < -0.4 is 0 Å². The lowest BCUT2D eigenvalue weighted by Gasteiger charge is -2.71. The first-order valence-electron chi connectivity index (χ1n) is 20.8. The third-order valence-corrected chi connectivity index (χ3v) is 17.2. The molecule has 0 aromatic carbocycles. The molecule has 0 aromatic rings. The van der Waals surface area contributed by atoms with Gasteiger partial charge in [-0.05, 0) is 109 Å². The molecule has 5 aliphatic carbocycles. The Kier molecular flexibility index (Phi) is 10.8. The third-order valence-electron chi connectivity index (χ3n) is 17.2. The van der Waals surface area contributed by atoms with Crippen LogP contribution in [0.2, 0.25) is 0 Å². The Labute approximate surface area is 329 Å². The van der Waals surface area contributed by atoms with Crippen molar-refractivity contribution in [1.29, 1.82) is 0 Å². The average Bonchev–Trinajstić information content (AvgIpc) is 3.12. The molecule has 2 aliphatic heterocycles. The number of carboxylic acids is 1. The van der Waals surface area contributed by atoms with Gasteiger partial charge in [0.2, 0.25) is 6.29 Å². The summed E-state index contributed by atoms with van der Waals surface area (Å²) in [6, 6.07) is 0. The van der Waals surface area contributed by atoms with Gasteiger partial charge in [-0.1, -0.05) is 60.1 Å². The largest absolute Gasteiger partial charge is 0.479 e. The van der Waals surface area contributed by atoms with E-state index >= 15 is 0 Å². The minimum atomic E-state index is -1.79. The molecule has 0 amide bonds. The van der Waals surface area contributed by atoms with Crippen LogP contribution in [0.5, 0.6) is 0 Å². The van der Waals surface area contributed by atoms with Crippen LogP contribution in [0.4, 0.5) is 0 Å². The van der Waals surface area contributed by atoms with Crippen molar-refractivity contribution in [2.45, 2.75) is 180 Å². The van der Waals surface area contributed by atoms with Crippen LogP contribution in [0, 0.1) is 50.2 Å². The molecule has 7 rings (SSSR count). The van der Waals surface area contributed by atoms with Gasteiger partial charge >= 0.3 is 11.9 Å². The number of carbonyl (C=O) groups excluding carboxylic acids is 1. The van der Waals surface area contributed by atoms with E-state index in [1.807, 2.05) is 0 Å². The molecular weight excluding hydrogens is 728 g/mol. The molecule has 2 heterocycles. The van der Waals surface area contributed by atoms with E-state index in [1.54, 1.807) is 0 Å². The van der Waals surface area contributed by atoms with E-state index in [0.29, 0.717) is 25.2 Å². The molecular formula is C42H66O14. The predicted octanol–water partition coefficient (Wildman–Crippen LogP) is 2.41. The van der Waals surface area contributed by atoms with E-state index < -0.39 is 96.9 Å². The van der Waals surface area contributed by atoms with Crippen LogP contribution in [0.15, 0.2) is 11.6 Å². The highest BCUT2D eigenvalue weighted by Crippen LogP contribution is 2.76. The molecule has 14 heteroatoms. The number of allylic oxidation sites excluding steroid dienone is 2. The maximum absolute atomic E-state index is 14.6. The molecule has 6 fully saturated rings. The molecule has 7 aliphatic rings. The third kappa shape index (κ3) is 6.17. The van der Waals surface area contributed by atoms with Crippen molar-refractivity contribution in [3.63, 3.8) is 0 Å². The van der Waals surface area contributed by atoms with Crippen LogP contribution in [0.25, 0.3) is 0 Å². The normalized spacial score (nSPS) is 52.3. The predicted molar refractivity (Wildman–Crippen MR) is 198 cm³/mol. The van der Waals surface area contributed by atoms with E-state index in [1.165, 1.54) is 5.57 Å². The molecule has 0 radical (unpaired) electrons. The van der Waals surface area contributed by atoms with Crippen LogP contribution in [0.1, 0.15) is 113 Å². The van der Waals surface area contributed by atoms with E-state index in [2.05, 4.69) is 54.5 Å². The number of hydrogen-bond acceptors (Lipinski definition) is 13. The Morgan fingerprint density at radius 3 is 2.05 bits per heavy atom. The minimum absolute atomic E-state index is 0.0330. The summed E-state index contributed by atoms with van der Waals surface area (Å²) in [6.07, 6.45) is -6.14. The second-order valence-electron chi connectivity index (χ2n) is 20.7. The minimum Gasteiger partial charge on any atom is -0.479 e. The molecule has 56 heavy (non-hydrogen) atoms. The number of aliphatic hydroxyl groups excluding tert-OH is 7. The summed E-state index contributed by atoms with van der Waals surface area (Å²) in [5.74, 6) is -1.52. The number of ether oxygens (including phenoxy) is 4. The van der Waals surface area contributed by atoms with E-state index in [-0.39, 0.29) is 33.5 Å². The second-order valence-corrected chi connectivity index (χ2v) is 20.7. The zero-order chi connectivity index (χ0) is 41.1. The smallest absolute Gasteiger partial charge is 0.335 e. The molecule has 18 atom stereocenters. The quantitative estimate of drug-likeness (QED) is 0.110. The molecule has 0 spiro atoms. The highest BCUT2D eigenvalue weighted by atomic mass is 16.7.